The van der Waals surface area contributed by atoms with Gasteiger partial charge < -0.3 is 15.3 Å². The molecular formula is C40H60N4O6. The minimum absolute atomic E-state index is 0.00508. The molecule has 276 valence electrons. The quantitative estimate of drug-likeness (QED) is 0.206. The predicted octanol–water partition coefficient (Wildman–Crippen LogP) is 5.82. The minimum Gasteiger partial charge on any atom is -0.385 e. The number of likely N-dealkylation sites (tertiary alicyclic amines) is 1. The Hall–Kier alpha value is -3.01. The monoisotopic (exact) mass is 692 g/mol. The largest absolute Gasteiger partial charge is 0.385 e. The van der Waals surface area contributed by atoms with Crippen LogP contribution in [-0.2, 0) is 19.2 Å². The zero-order valence-corrected chi connectivity index (χ0v) is 31.0. The number of ketones is 3. The number of carbonyl (C=O) groups is 5. The van der Waals surface area contributed by atoms with E-state index in [1.807, 2.05) is 27.7 Å². The molecule has 0 aromatic carbocycles. The molecule has 3 saturated carbocycles. The van der Waals surface area contributed by atoms with Crippen LogP contribution < -0.4 is 5.32 Å². The van der Waals surface area contributed by atoms with Gasteiger partial charge in [-0.3, -0.25) is 29.0 Å². The summed E-state index contributed by atoms with van der Waals surface area (Å²) in [6.07, 6.45) is 13.2. The molecule has 3 aliphatic carbocycles. The summed E-state index contributed by atoms with van der Waals surface area (Å²) in [5.41, 5.74) is 0.271. The first-order valence-electron chi connectivity index (χ1n) is 19.4. The number of aliphatic hydroxyl groups is 1. The molecule has 0 bridgehead atoms. The van der Waals surface area contributed by atoms with Gasteiger partial charge in [-0.25, -0.2) is 4.98 Å². The van der Waals surface area contributed by atoms with Crippen molar-refractivity contribution in [3.8, 4) is 0 Å². The van der Waals surface area contributed by atoms with Crippen molar-refractivity contribution >= 4 is 29.2 Å². The first-order chi connectivity index (χ1) is 23.8. The van der Waals surface area contributed by atoms with Crippen molar-refractivity contribution in [2.45, 2.75) is 149 Å². The van der Waals surface area contributed by atoms with Crippen LogP contribution in [-0.4, -0.2) is 73.9 Å². The number of nitrogens with one attached hydrogen (secondary N) is 1. The molecule has 4 aliphatic rings. The minimum atomic E-state index is -1.17. The Labute approximate surface area is 298 Å². The van der Waals surface area contributed by atoms with E-state index in [0.29, 0.717) is 31.0 Å². The molecule has 7 atom stereocenters. The summed E-state index contributed by atoms with van der Waals surface area (Å²) in [6, 6.07) is -1.54. The number of aromatic nitrogens is 2. The van der Waals surface area contributed by atoms with Crippen LogP contribution in [0.5, 0.6) is 0 Å². The van der Waals surface area contributed by atoms with Gasteiger partial charge in [-0.2, -0.15) is 0 Å². The fourth-order valence-corrected chi connectivity index (χ4v) is 8.97. The zero-order valence-electron chi connectivity index (χ0n) is 31.0. The van der Waals surface area contributed by atoms with Crippen molar-refractivity contribution in [2.24, 2.45) is 40.9 Å². The van der Waals surface area contributed by atoms with E-state index >= 15 is 0 Å². The van der Waals surface area contributed by atoms with Crippen molar-refractivity contribution in [3.05, 3.63) is 23.8 Å². The number of aliphatic hydroxyl groups excluding tert-OH is 1. The molecule has 2 amide bonds. The highest BCUT2D eigenvalue weighted by Gasteiger charge is 2.52. The number of hydrogen-bond donors (Lipinski definition) is 2. The van der Waals surface area contributed by atoms with Gasteiger partial charge in [-0.1, -0.05) is 59.8 Å². The smallest absolute Gasteiger partial charge is 0.246 e. The Balaban J connectivity index is 1.35. The molecule has 5 rings (SSSR count). The maximum atomic E-state index is 14.7. The Morgan fingerprint density at radius 2 is 1.66 bits per heavy atom. The lowest BCUT2D eigenvalue weighted by Crippen LogP contribution is -2.58. The highest BCUT2D eigenvalue weighted by atomic mass is 16.3. The highest BCUT2D eigenvalue weighted by Crippen LogP contribution is 2.44. The lowest BCUT2D eigenvalue weighted by molar-refractivity contribution is -0.145. The number of nitrogens with zero attached hydrogens (tertiary/aromatic N) is 3. The van der Waals surface area contributed by atoms with Gasteiger partial charge in [0.25, 0.3) is 0 Å². The van der Waals surface area contributed by atoms with Gasteiger partial charge in [0.15, 0.2) is 17.3 Å². The van der Waals surface area contributed by atoms with E-state index in [9.17, 15) is 29.1 Å². The summed E-state index contributed by atoms with van der Waals surface area (Å²) in [5.74, 6) is -1.53. The van der Waals surface area contributed by atoms with E-state index in [2.05, 4.69) is 15.3 Å². The van der Waals surface area contributed by atoms with Crippen LogP contribution in [0.1, 0.15) is 140 Å². The number of rotatable bonds is 16. The van der Waals surface area contributed by atoms with Crippen LogP contribution in [0, 0.1) is 47.8 Å². The predicted molar refractivity (Wildman–Crippen MR) is 190 cm³/mol. The fraction of sp³-hybridized carbons (Fsp3) is 0.775. The number of Topliss-reactive ketones (excluding diaryl/α,β-unsaturated/α-hetero) is 3. The topological polar surface area (TPSA) is 147 Å². The summed E-state index contributed by atoms with van der Waals surface area (Å²) in [4.78, 5) is 79.8. The summed E-state index contributed by atoms with van der Waals surface area (Å²) in [5, 5.41) is 14.2. The van der Waals surface area contributed by atoms with Crippen LogP contribution in [0.4, 0.5) is 0 Å². The molecule has 0 radical (unpaired) electrons. The molecule has 10 heteroatoms. The third kappa shape index (κ3) is 9.25. The third-order valence-electron chi connectivity index (χ3n) is 12.0. The van der Waals surface area contributed by atoms with E-state index in [1.54, 1.807) is 18.0 Å². The second kappa shape index (κ2) is 16.6. The van der Waals surface area contributed by atoms with Gasteiger partial charge in [0.2, 0.25) is 11.8 Å². The normalized spacial score (nSPS) is 25.0. The molecule has 1 unspecified atom stereocenters. The average molecular weight is 693 g/mol. The number of carbonyl (C=O) groups excluding carboxylic acids is 5. The molecule has 2 heterocycles. The third-order valence-corrected chi connectivity index (χ3v) is 12.0. The number of hydrogen-bond acceptors (Lipinski definition) is 8. The molecule has 1 aliphatic heterocycles. The average Bonchev–Trinajstić information content (AvgIpc) is 3.65. The maximum Gasteiger partial charge on any atom is 0.246 e. The SMILES string of the molecule is CCC[C@H](CC(=O)[C@@H]1[C@H]2CCC[C@H]2CN1C(=O)[C@@H](NC(=O)[C@@H](CC(=O)c1cnc(C)cn1)C1CCCCC1)C(C)(C)C)C(O)C(=O)CC1CC1. The molecule has 1 aromatic heterocycles. The van der Waals surface area contributed by atoms with Crippen molar-refractivity contribution in [1.29, 1.82) is 0 Å². The first kappa shape index (κ1) is 38.2. The highest BCUT2D eigenvalue weighted by molar-refractivity contribution is 5.98. The summed E-state index contributed by atoms with van der Waals surface area (Å²) in [7, 11) is 0. The van der Waals surface area contributed by atoms with Gasteiger partial charge in [-0.15, -0.1) is 0 Å². The molecular weight excluding hydrogens is 632 g/mol. The standard InChI is InChI=1S/C40H60N4O6/c1-6-11-27(36(48)34(47)18-25-16-17-25)19-33(46)35-29-15-10-14-28(29)23-44(35)39(50)37(40(3,4)5)43-38(49)30(26-12-8-7-9-13-26)20-32(45)31-22-41-24(2)21-42-31/h21-22,25-30,35-37,48H,6-20,23H2,1-5H3,(H,43,49)/t27-,28+,29+,30+,35+,36?,37-/m1/s1. The molecule has 10 nitrogen and oxygen atoms in total. The van der Waals surface area contributed by atoms with Crippen LogP contribution in [0.15, 0.2) is 12.4 Å². The van der Waals surface area contributed by atoms with Gasteiger partial charge >= 0.3 is 0 Å². The zero-order chi connectivity index (χ0) is 36.2. The van der Waals surface area contributed by atoms with E-state index in [-0.39, 0.29) is 65.5 Å². The van der Waals surface area contributed by atoms with Crippen molar-refractivity contribution in [1.82, 2.24) is 20.2 Å². The Bertz CT molecular complexity index is 1380. The summed E-state index contributed by atoms with van der Waals surface area (Å²) < 4.78 is 0. The van der Waals surface area contributed by atoms with Crippen LogP contribution in [0.2, 0.25) is 0 Å². The number of aryl methyl sites for hydroxylation is 1. The molecule has 50 heavy (non-hydrogen) atoms. The van der Waals surface area contributed by atoms with Crippen molar-refractivity contribution in [3.63, 3.8) is 0 Å². The Morgan fingerprint density at radius 3 is 2.28 bits per heavy atom. The van der Waals surface area contributed by atoms with Gasteiger partial charge in [0.05, 0.1) is 17.9 Å². The van der Waals surface area contributed by atoms with E-state index < -0.39 is 35.4 Å². The molecule has 0 spiro atoms. The molecule has 1 aromatic rings. The van der Waals surface area contributed by atoms with Crippen molar-refractivity contribution < 1.29 is 29.1 Å². The molecule has 2 N–H and O–H groups in total. The van der Waals surface area contributed by atoms with E-state index in [1.165, 1.54) is 6.20 Å². The second-order valence-electron chi connectivity index (χ2n) is 17.1. The van der Waals surface area contributed by atoms with Crippen LogP contribution in [0.25, 0.3) is 0 Å². The van der Waals surface area contributed by atoms with E-state index in [4.69, 9.17) is 0 Å². The number of amides is 2. The maximum absolute atomic E-state index is 14.7. The van der Waals surface area contributed by atoms with Crippen LogP contribution >= 0.6 is 0 Å². The fourth-order valence-electron chi connectivity index (χ4n) is 8.97. The Kier molecular flexibility index (Phi) is 12.7. The first-order valence-corrected chi connectivity index (χ1v) is 19.4. The van der Waals surface area contributed by atoms with Crippen LogP contribution in [0.3, 0.4) is 0 Å². The summed E-state index contributed by atoms with van der Waals surface area (Å²) >= 11 is 0. The van der Waals surface area contributed by atoms with E-state index in [0.717, 1.165) is 70.6 Å². The lowest BCUT2D eigenvalue weighted by Gasteiger charge is -2.38. The van der Waals surface area contributed by atoms with Gasteiger partial charge in [0, 0.05) is 37.9 Å². The lowest BCUT2D eigenvalue weighted by atomic mass is 9.76. The number of fused-ring (bicyclic) bond motifs is 1. The summed E-state index contributed by atoms with van der Waals surface area (Å²) in [6.45, 7) is 10.0. The van der Waals surface area contributed by atoms with Crippen molar-refractivity contribution in [2.75, 3.05) is 6.54 Å². The second-order valence-corrected chi connectivity index (χ2v) is 17.1. The Morgan fingerprint density at radius 1 is 0.940 bits per heavy atom. The van der Waals surface area contributed by atoms with Gasteiger partial charge in [0.1, 0.15) is 17.8 Å². The molecule has 1 saturated heterocycles. The molecule has 4 fully saturated rings. The van der Waals surface area contributed by atoms with Gasteiger partial charge in [-0.05, 0) is 86.9 Å².